The van der Waals surface area contributed by atoms with Gasteiger partial charge in [0.05, 0.1) is 5.75 Å². The Hall–Kier alpha value is -2.34. The molecule has 0 radical (unpaired) electrons. The maximum atomic E-state index is 12.0. The fourth-order valence-electron chi connectivity index (χ4n) is 2.00. The molecular weight excluding hydrogens is 298 g/mol. The Balaban J connectivity index is 1.59. The molecule has 1 amide bonds. The van der Waals surface area contributed by atoms with Crippen molar-refractivity contribution >= 4 is 34.6 Å². The number of nitrogens with zero attached hydrogens (tertiary/aromatic N) is 2. The number of hydrogen-bond acceptors (Lipinski definition) is 5. The van der Waals surface area contributed by atoms with Gasteiger partial charge in [0.2, 0.25) is 5.91 Å². The summed E-state index contributed by atoms with van der Waals surface area (Å²) in [5.74, 6) is 0.150. The molecule has 2 aromatic heterocycles. The van der Waals surface area contributed by atoms with Crippen molar-refractivity contribution in [1.82, 2.24) is 9.97 Å². The summed E-state index contributed by atoms with van der Waals surface area (Å²) in [5.41, 5.74) is 3.18. The molecule has 3 aromatic rings. The van der Waals surface area contributed by atoms with Crippen LogP contribution >= 0.6 is 11.8 Å². The second-order valence-corrected chi connectivity index (χ2v) is 5.62. The van der Waals surface area contributed by atoms with Crippen LogP contribution < -0.4 is 5.32 Å². The van der Waals surface area contributed by atoms with Gasteiger partial charge in [0.15, 0.2) is 11.2 Å². The number of rotatable bonds is 5. The van der Waals surface area contributed by atoms with Crippen molar-refractivity contribution in [2.24, 2.45) is 0 Å². The monoisotopic (exact) mass is 313 g/mol. The summed E-state index contributed by atoms with van der Waals surface area (Å²) >= 11 is 1.25. The van der Waals surface area contributed by atoms with E-state index in [2.05, 4.69) is 22.2 Å². The van der Waals surface area contributed by atoms with Crippen molar-refractivity contribution < 1.29 is 9.21 Å². The van der Waals surface area contributed by atoms with Crippen LogP contribution in [0.15, 0.2) is 52.2 Å². The highest BCUT2D eigenvalue weighted by molar-refractivity contribution is 7.99. The Morgan fingerprint density at radius 3 is 3.05 bits per heavy atom. The molecule has 0 spiro atoms. The predicted molar refractivity (Wildman–Crippen MR) is 87.0 cm³/mol. The third-order valence-electron chi connectivity index (χ3n) is 3.09. The van der Waals surface area contributed by atoms with Crippen molar-refractivity contribution in [1.29, 1.82) is 0 Å². The van der Waals surface area contributed by atoms with Gasteiger partial charge in [-0.2, -0.15) is 4.98 Å². The minimum atomic E-state index is -0.0894. The zero-order chi connectivity index (χ0) is 15.4. The molecule has 1 aromatic carbocycles. The molecule has 0 atom stereocenters. The number of aromatic nitrogens is 2. The molecule has 6 heteroatoms. The van der Waals surface area contributed by atoms with E-state index in [0.717, 1.165) is 12.1 Å². The van der Waals surface area contributed by atoms with Crippen LogP contribution in [-0.4, -0.2) is 21.6 Å². The minimum absolute atomic E-state index is 0.0894. The highest BCUT2D eigenvalue weighted by atomic mass is 32.2. The van der Waals surface area contributed by atoms with E-state index in [9.17, 15) is 4.79 Å². The van der Waals surface area contributed by atoms with Crippen molar-refractivity contribution in [3.63, 3.8) is 0 Å². The van der Waals surface area contributed by atoms with E-state index < -0.39 is 0 Å². The van der Waals surface area contributed by atoms with E-state index >= 15 is 0 Å². The minimum Gasteiger partial charge on any atom is -0.430 e. The molecule has 0 saturated carbocycles. The van der Waals surface area contributed by atoms with Crippen LogP contribution in [-0.2, 0) is 11.2 Å². The van der Waals surface area contributed by atoms with E-state index in [1.165, 1.54) is 17.3 Å². The summed E-state index contributed by atoms with van der Waals surface area (Å²) in [5, 5.41) is 3.33. The van der Waals surface area contributed by atoms with Crippen molar-refractivity contribution in [2.75, 3.05) is 11.1 Å². The van der Waals surface area contributed by atoms with Crippen molar-refractivity contribution in [3.8, 4) is 0 Å². The van der Waals surface area contributed by atoms with Crippen LogP contribution in [0, 0.1) is 0 Å². The van der Waals surface area contributed by atoms with Gasteiger partial charge in [-0.05, 0) is 36.2 Å². The zero-order valence-electron chi connectivity index (χ0n) is 12.1. The van der Waals surface area contributed by atoms with Crippen LogP contribution in [0.1, 0.15) is 12.5 Å². The van der Waals surface area contributed by atoms with Gasteiger partial charge >= 0.3 is 0 Å². The summed E-state index contributed by atoms with van der Waals surface area (Å²) in [6, 6.07) is 11.4. The molecule has 5 nitrogen and oxygen atoms in total. The number of fused-ring (bicyclic) bond motifs is 1. The molecular formula is C16H15N3O2S. The lowest BCUT2D eigenvalue weighted by atomic mass is 10.1. The first-order valence-electron chi connectivity index (χ1n) is 6.98. The van der Waals surface area contributed by atoms with E-state index in [0.29, 0.717) is 16.5 Å². The number of benzene rings is 1. The van der Waals surface area contributed by atoms with Gasteiger partial charge in [-0.3, -0.25) is 4.79 Å². The second kappa shape index (κ2) is 6.62. The molecule has 0 aliphatic heterocycles. The van der Waals surface area contributed by atoms with E-state index in [1.54, 1.807) is 18.3 Å². The Bertz CT molecular complexity index is 768. The van der Waals surface area contributed by atoms with Crippen LogP contribution in [0.2, 0.25) is 0 Å². The van der Waals surface area contributed by atoms with Crippen molar-refractivity contribution in [3.05, 3.63) is 48.2 Å². The predicted octanol–water partition coefficient (Wildman–Crippen LogP) is 3.52. The Kier molecular flexibility index (Phi) is 4.39. The normalized spacial score (nSPS) is 10.8. The summed E-state index contributed by atoms with van der Waals surface area (Å²) in [6.07, 6.45) is 2.60. The van der Waals surface area contributed by atoms with E-state index in [-0.39, 0.29) is 11.7 Å². The zero-order valence-corrected chi connectivity index (χ0v) is 12.9. The average molecular weight is 313 g/mol. The van der Waals surface area contributed by atoms with Crippen LogP contribution in [0.25, 0.3) is 11.2 Å². The number of anilines is 1. The maximum Gasteiger partial charge on any atom is 0.258 e. The molecule has 0 aliphatic rings. The smallest absolute Gasteiger partial charge is 0.258 e. The molecule has 0 saturated heterocycles. The first-order chi connectivity index (χ1) is 10.7. The number of carbonyl (C=O) groups excluding carboxylic acids is 1. The molecule has 22 heavy (non-hydrogen) atoms. The fourth-order valence-corrected chi connectivity index (χ4v) is 2.63. The standard InChI is InChI=1S/C16H15N3O2S/c1-2-11-5-3-6-12(9-11)18-14(20)10-22-16-19-15-13(21-16)7-4-8-17-15/h3-9H,2,10H2,1H3,(H,18,20). The lowest BCUT2D eigenvalue weighted by Gasteiger charge is -2.05. The topological polar surface area (TPSA) is 68.0 Å². The molecule has 0 aliphatic carbocycles. The SMILES string of the molecule is CCc1cccc(NC(=O)CSc2nc3ncccc3o2)c1. The maximum absolute atomic E-state index is 12.0. The van der Waals surface area contributed by atoms with Gasteiger partial charge in [0.1, 0.15) is 0 Å². The fraction of sp³-hybridized carbons (Fsp3) is 0.188. The average Bonchev–Trinajstić information content (AvgIpc) is 2.96. The number of thioether (sulfide) groups is 1. The molecule has 3 rings (SSSR count). The lowest BCUT2D eigenvalue weighted by molar-refractivity contribution is -0.113. The summed E-state index contributed by atoms with van der Waals surface area (Å²) < 4.78 is 5.51. The number of nitrogens with one attached hydrogen (secondary N) is 1. The Labute approximate surface area is 132 Å². The van der Waals surface area contributed by atoms with E-state index in [1.807, 2.05) is 24.3 Å². The molecule has 112 valence electrons. The van der Waals surface area contributed by atoms with Crippen LogP contribution in [0.4, 0.5) is 5.69 Å². The van der Waals surface area contributed by atoms with Gasteiger partial charge in [0, 0.05) is 11.9 Å². The van der Waals surface area contributed by atoms with Crippen molar-refractivity contribution in [2.45, 2.75) is 18.6 Å². The number of pyridine rings is 1. The molecule has 0 fully saturated rings. The van der Waals surface area contributed by atoms with Gasteiger partial charge in [-0.25, -0.2) is 4.98 Å². The second-order valence-electron chi connectivity index (χ2n) is 4.70. The molecule has 2 heterocycles. The van der Waals surface area contributed by atoms with Crippen LogP contribution in [0.5, 0.6) is 0 Å². The third kappa shape index (κ3) is 3.46. The summed E-state index contributed by atoms with van der Waals surface area (Å²) in [7, 11) is 0. The summed E-state index contributed by atoms with van der Waals surface area (Å²) in [6.45, 7) is 2.08. The molecule has 0 unspecified atom stereocenters. The van der Waals surface area contributed by atoms with E-state index in [4.69, 9.17) is 4.42 Å². The van der Waals surface area contributed by atoms with Gasteiger partial charge < -0.3 is 9.73 Å². The molecule has 1 N–H and O–H groups in total. The molecule has 0 bridgehead atoms. The first kappa shape index (κ1) is 14.6. The third-order valence-corrected chi connectivity index (χ3v) is 3.92. The summed E-state index contributed by atoms with van der Waals surface area (Å²) in [4.78, 5) is 20.3. The Morgan fingerprint density at radius 2 is 2.23 bits per heavy atom. The number of hydrogen-bond donors (Lipinski definition) is 1. The quantitative estimate of drug-likeness (QED) is 0.730. The number of carbonyl (C=O) groups is 1. The number of aryl methyl sites for hydroxylation is 1. The number of oxazole rings is 1. The van der Waals surface area contributed by atoms with Gasteiger partial charge in [-0.1, -0.05) is 30.8 Å². The van der Waals surface area contributed by atoms with Gasteiger partial charge in [0.25, 0.3) is 5.22 Å². The van der Waals surface area contributed by atoms with Crippen LogP contribution in [0.3, 0.4) is 0 Å². The van der Waals surface area contributed by atoms with Gasteiger partial charge in [-0.15, -0.1) is 0 Å². The lowest BCUT2D eigenvalue weighted by Crippen LogP contribution is -2.14. The Morgan fingerprint density at radius 1 is 1.32 bits per heavy atom. The largest absolute Gasteiger partial charge is 0.430 e. The highest BCUT2D eigenvalue weighted by Gasteiger charge is 2.10. The number of amides is 1. The highest BCUT2D eigenvalue weighted by Crippen LogP contribution is 2.22. The first-order valence-corrected chi connectivity index (χ1v) is 7.96.